The average Bonchev–Trinajstić information content (AvgIpc) is 3.35. The van der Waals surface area contributed by atoms with Gasteiger partial charge in [0, 0.05) is 12.0 Å². The zero-order chi connectivity index (χ0) is 24.3. The highest BCUT2D eigenvalue weighted by Crippen LogP contribution is 2.66. The van der Waals surface area contributed by atoms with E-state index in [1.807, 2.05) is 13.0 Å². The van der Waals surface area contributed by atoms with Gasteiger partial charge in [-0.25, -0.2) is 4.68 Å². The molecule has 9 atom stereocenters. The van der Waals surface area contributed by atoms with Crippen LogP contribution in [0.25, 0.3) is 0 Å². The van der Waals surface area contributed by atoms with Crippen molar-refractivity contribution in [1.82, 2.24) is 9.78 Å². The fraction of sp³-hybridized carbons (Fsp3) is 0.786. The average molecular weight is 463 g/mol. The molecular formula is C28H38N4O2. The quantitative estimate of drug-likeness (QED) is 0.689. The summed E-state index contributed by atoms with van der Waals surface area (Å²) >= 11 is 0. The predicted molar refractivity (Wildman–Crippen MR) is 127 cm³/mol. The van der Waals surface area contributed by atoms with Crippen LogP contribution in [0.2, 0.25) is 0 Å². The highest BCUT2D eigenvalue weighted by atomic mass is 16.3. The minimum Gasteiger partial charge on any atom is -0.390 e. The molecule has 0 unspecified atom stereocenters. The van der Waals surface area contributed by atoms with Crippen LogP contribution in [0, 0.1) is 69.5 Å². The molecule has 0 spiro atoms. The molecule has 0 saturated heterocycles. The first kappa shape index (κ1) is 23.6. The van der Waals surface area contributed by atoms with Crippen LogP contribution in [0.5, 0.6) is 0 Å². The first-order valence-electron chi connectivity index (χ1n) is 13.3. The number of carbonyl (C=O) groups excluding carboxylic acids is 1. The molecule has 1 aromatic heterocycles. The molecule has 0 aromatic carbocycles. The Hall–Kier alpha value is -2.18. The fourth-order valence-electron chi connectivity index (χ4n) is 9.23. The first-order chi connectivity index (χ1) is 16.2. The number of carbonyl (C=O) groups is 1. The third-order valence-electron chi connectivity index (χ3n) is 10.6. The van der Waals surface area contributed by atoms with E-state index < -0.39 is 5.60 Å². The second kappa shape index (κ2) is 8.49. The van der Waals surface area contributed by atoms with E-state index in [0.29, 0.717) is 23.7 Å². The van der Waals surface area contributed by atoms with Crippen LogP contribution in [0.3, 0.4) is 0 Å². The van der Waals surface area contributed by atoms with E-state index in [0.717, 1.165) is 50.4 Å². The number of Topliss-reactive ketones (excluding diaryl/α,β-unsaturated/α-hetero) is 1. The maximum Gasteiger partial charge on any atom is 0.163 e. The molecule has 0 amide bonds. The standard InChI is InChI=1S/C28H38N4O2/c1-4-17-11-24(25(33)16-32-20(15-30)12-19(14-29)31-32)28(3)10-8-22-21-7-9-27(2,34)13-18(21)5-6-23(22)26(17)28/h12,17-18,21-24,26,34H,4-11,13,16H2,1-3H3/t17-,18-,21+,22-,23-,24-,26+,27-,28-/m1/s1. The predicted octanol–water partition coefficient (Wildman–Crippen LogP) is 4.85. The van der Waals surface area contributed by atoms with Gasteiger partial charge in [-0.05, 0) is 99.2 Å². The molecule has 4 aliphatic carbocycles. The number of aliphatic hydroxyl groups is 1. The first-order valence-corrected chi connectivity index (χ1v) is 13.3. The summed E-state index contributed by atoms with van der Waals surface area (Å²) in [6.07, 6.45) is 9.84. The third-order valence-corrected chi connectivity index (χ3v) is 10.6. The van der Waals surface area contributed by atoms with E-state index in [1.165, 1.54) is 30.0 Å². The maximum absolute atomic E-state index is 13.7. The molecule has 1 heterocycles. The van der Waals surface area contributed by atoms with Crippen molar-refractivity contribution in [1.29, 1.82) is 10.5 Å². The summed E-state index contributed by atoms with van der Waals surface area (Å²) in [6.45, 7) is 6.76. The Balaban J connectivity index is 1.38. The Bertz CT molecular complexity index is 1050. The molecule has 182 valence electrons. The number of nitriles is 2. The Labute approximate surface area is 203 Å². The summed E-state index contributed by atoms with van der Waals surface area (Å²) in [5.41, 5.74) is -0.0140. The van der Waals surface area contributed by atoms with Gasteiger partial charge < -0.3 is 5.11 Å². The molecule has 4 fully saturated rings. The molecule has 1 N–H and O–H groups in total. The highest BCUT2D eigenvalue weighted by molar-refractivity contribution is 5.82. The van der Waals surface area contributed by atoms with Crippen LogP contribution in [0.15, 0.2) is 6.07 Å². The Morgan fingerprint density at radius 3 is 2.62 bits per heavy atom. The molecule has 4 aliphatic rings. The normalized spacial score (nSPS) is 43.2. The van der Waals surface area contributed by atoms with Gasteiger partial charge in [0.15, 0.2) is 11.5 Å². The molecule has 34 heavy (non-hydrogen) atoms. The van der Waals surface area contributed by atoms with Gasteiger partial charge in [0.25, 0.3) is 0 Å². The Kier molecular flexibility index (Phi) is 5.88. The van der Waals surface area contributed by atoms with Crippen molar-refractivity contribution in [2.75, 3.05) is 0 Å². The second-order valence-corrected chi connectivity index (χ2v) is 12.4. The summed E-state index contributed by atoms with van der Waals surface area (Å²) in [5, 5.41) is 33.5. The lowest BCUT2D eigenvalue weighted by molar-refractivity contribution is -0.133. The number of aromatic nitrogens is 2. The van der Waals surface area contributed by atoms with Crippen LogP contribution in [-0.4, -0.2) is 26.3 Å². The van der Waals surface area contributed by atoms with Gasteiger partial charge in [0.05, 0.1) is 5.60 Å². The molecule has 0 bridgehead atoms. The third kappa shape index (κ3) is 3.70. The lowest BCUT2D eigenvalue weighted by Crippen LogP contribution is -2.52. The van der Waals surface area contributed by atoms with Crippen molar-refractivity contribution < 1.29 is 9.90 Å². The van der Waals surface area contributed by atoms with E-state index in [9.17, 15) is 15.2 Å². The van der Waals surface area contributed by atoms with Gasteiger partial charge in [-0.3, -0.25) is 4.79 Å². The molecule has 6 heteroatoms. The molecule has 4 saturated carbocycles. The summed E-state index contributed by atoms with van der Waals surface area (Å²) < 4.78 is 1.43. The van der Waals surface area contributed by atoms with E-state index >= 15 is 0 Å². The van der Waals surface area contributed by atoms with Crippen molar-refractivity contribution in [3.8, 4) is 12.1 Å². The van der Waals surface area contributed by atoms with Crippen molar-refractivity contribution in [2.24, 2.45) is 46.8 Å². The molecule has 0 aliphatic heterocycles. The van der Waals surface area contributed by atoms with Gasteiger partial charge in [-0.1, -0.05) is 20.3 Å². The Morgan fingerprint density at radius 1 is 1.15 bits per heavy atom. The van der Waals surface area contributed by atoms with Gasteiger partial charge in [-0.2, -0.15) is 15.6 Å². The SMILES string of the molecule is CC[C@@H]1C[C@H](C(=O)Cn2nc(C#N)cc2C#N)[C@@]2(C)CC[C@H]3[C@@H](CC[C@@H]4C[C@](C)(O)CC[C@@H]43)[C@H]12. The van der Waals surface area contributed by atoms with Gasteiger partial charge in [0.2, 0.25) is 0 Å². The van der Waals surface area contributed by atoms with Crippen LogP contribution < -0.4 is 0 Å². The molecule has 6 nitrogen and oxygen atoms in total. The lowest BCUT2D eigenvalue weighted by atomic mass is 9.48. The second-order valence-electron chi connectivity index (χ2n) is 12.4. The van der Waals surface area contributed by atoms with Gasteiger partial charge >= 0.3 is 0 Å². The summed E-state index contributed by atoms with van der Waals surface area (Å²) in [4.78, 5) is 13.7. The highest BCUT2D eigenvalue weighted by Gasteiger charge is 2.61. The molecular weight excluding hydrogens is 424 g/mol. The molecule has 5 rings (SSSR count). The topological polar surface area (TPSA) is 103 Å². The van der Waals surface area contributed by atoms with Crippen LogP contribution in [-0.2, 0) is 11.3 Å². The largest absolute Gasteiger partial charge is 0.390 e. The zero-order valence-electron chi connectivity index (χ0n) is 20.8. The molecule has 1 aromatic rings. The van der Waals surface area contributed by atoms with Crippen molar-refractivity contribution in [3.05, 3.63) is 17.5 Å². The maximum atomic E-state index is 13.7. The Morgan fingerprint density at radius 2 is 1.91 bits per heavy atom. The number of hydrogen-bond acceptors (Lipinski definition) is 5. The minimum absolute atomic E-state index is 0.00391. The van der Waals surface area contributed by atoms with E-state index in [1.54, 1.807) is 0 Å². The number of ketones is 1. The van der Waals surface area contributed by atoms with Crippen LogP contribution >= 0.6 is 0 Å². The number of rotatable bonds is 4. The van der Waals surface area contributed by atoms with Crippen LogP contribution in [0.4, 0.5) is 0 Å². The summed E-state index contributed by atoms with van der Waals surface area (Å²) in [6, 6.07) is 5.53. The van der Waals surface area contributed by atoms with Crippen LogP contribution in [0.1, 0.15) is 89.9 Å². The minimum atomic E-state index is -0.492. The lowest BCUT2D eigenvalue weighted by Gasteiger charge is -2.57. The number of hydrogen-bond donors (Lipinski definition) is 1. The smallest absolute Gasteiger partial charge is 0.163 e. The zero-order valence-corrected chi connectivity index (χ0v) is 20.8. The van der Waals surface area contributed by atoms with E-state index in [4.69, 9.17) is 5.26 Å². The number of fused-ring (bicyclic) bond motifs is 5. The summed E-state index contributed by atoms with van der Waals surface area (Å²) in [7, 11) is 0. The van der Waals surface area contributed by atoms with Gasteiger partial charge in [0.1, 0.15) is 24.4 Å². The van der Waals surface area contributed by atoms with E-state index in [-0.39, 0.29) is 35.0 Å². The van der Waals surface area contributed by atoms with Crippen molar-refractivity contribution >= 4 is 5.78 Å². The van der Waals surface area contributed by atoms with Gasteiger partial charge in [-0.15, -0.1) is 0 Å². The van der Waals surface area contributed by atoms with Crippen molar-refractivity contribution in [3.63, 3.8) is 0 Å². The number of nitrogens with zero attached hydrogens (tertiary/aromatic N) is 4. The molecule has 0 radical (unpaired) electrons. The van der Waals surface area contributed by atoms with Crippen molar-refractivity contribution in [2.45, 2.75) is 90.7 Å². The summed E-state index contributed by atoms with van der Waals surface area (Å²) in [5.74, 6) is 4.15. The fourth-order valence-corrected chi connectivity index (χ4v) is 9.23. The monoisotopic (exact) mass is 462 g/mol. The van der Waals surface area contributed by atoms with E-state index in [2.05, 4.69) is 25.0 Å².